The van der Waals surface area contributed by atoms with Crippen LogP contribution in [0.15, 0.2) is 51.3 Å². The van der Waals surface area contributed by atoms with Gasteiger partial charge in [-0.3, -0.25) is 9.69 Å². The topological polar surface area (TPSA) is 58.6 Å². The molecule has 1 N–H and O–H groups in total. The predicted molar refractivity (Wildman–Crippen MR) is 71.7 cm³/mol. The van der Waals surface area contributed by atoms with Crippen molar-refractivity contribution in [3.05, 3.63) is 54.0 Å². The van der Waals surface area contributed by atoms with Crippen molar-refractivity contribution in [2.75, 3.05) is 0 Å². The van der Waals surface area contributed by atoms with Crippen molar-refractivity contribution < 1.29 is 13.6 Å². The van der Waals surface area contributed by atoms with Crippen molar-refractivity contribution in [2.45, 2.75) is 6.54 Å². The Morgan fingerprint density at radius 1 is 1.26 bits per heavy atom. The van der Waals surface area contributed by atoms with Gasteiger partial charge < -0.3 is 14.2 Å². The van der Waals surface area contributed by atoms with E-state index < -0.39 is 0 Å². The van der Waals surface area contributed by atoms with Crippen molar-refractivity contribution in [3.63, 3.8) is 0 Å². The second-order valence-corrected chi connectivity index (χ2v) is 4.36. The monoisotopic (exact) mass is 274 g/mol. The summed E-state index contributed by atoms with van der Waals surface area (Å²) in [5.41, 5.74) is 0.395. The highest BCUT2D eigenvalue weighted by Crippen LogP contribution is 2.17. The maximum atomic E-state index is 12.2. The molecule has 1 amide bonds. The molecule has 0 aliphatic carbocycles. The van der Waals surface area contributed by atoms with Crippen LogP contribution in [0.2, 0.25) is 0 Å². The average Bonchev–Trinajstić information content (AvgIpc) is 3.10. The van der Waals surface area contributed by atoms with Gasteiger partial charge in [0.1, 0.15) is 17.2 Å². The molecule has 0 atom stereocenters. The minimum absolute atomic E-state index is 0.196. The standard InChI is InChI=1S/C13H10N2O3S/c16-12-11(7-9-3-1-5-17-9)14-13(19)15(12)8-10-4-2-6-18-10/h1-7H,8H2,(H,14,19)/b11-7+. The number of hydrogen-bond donors (Lipinski definition) is 1. The Balaban J connectivity index is 1.81. The van der Waals surface area contributed by atoms with E-state index in [2.05, 4.69) is 5.32 Å². The minimum atomic E-state index is -0.196. The molecule has 1 saturated heterocycles. The van der Waals surface area contributed by atoms with Gasteiger partial charge in [0.15, 0.2) is 5.11 Å². The zero-order valence-electron chi connectivity index (χ0n) is 9.83. The van der Waals surface area contributed by atoms with Crippen LogP contribution in [-0.4, -0.2) is 15.9 Å². The van der Waals surface area contributed by atoms with E-state index in [1.54, 1.807) is 42.9 Å². The smallest absolute Gasteiger partial charge is 0.277 e. The summed E-state index contributed by atoms with van der Waals surface area (Å²) < 4.78 is 10.4. The first-order chi connectivity index (χ1) is 9.24. The van der Waals surface area contributed by atoms with Crippen molar-refractivity contribution in [1.82, 2.24) is 10.2 Å². The highest BCUT2D eigenvalue weighted by Gasteiger charge is 2.31. The molecular formula is C13H10N2O3S. The Morgan fingerprint density at radius 3 is 2.74 bits per heavy atom. The fourth-order valence-electron chi connectivity index (χ4n) is 1.79. The third-order valence-electron chi connectivity index (χ3n) is 2.69. The maximum absolute atomic E-state index is 12.2. The Bertz CT molecular complexity index is 629. The Kier molecular flexibility index (Phi) is 2.92. The van der Waals surface area contributed by atoms with Gasteiger partial charge in [-0.25, -0.2) is 0 Å². The van der Waals surface area contributed by atoms with Crippen molar-refractivity contribution in [2.24, 2.45) is 0 Å². The number of nitrogens with one attached hydrogen (secondary N) is 1. The lowest BCUT2D eigenvalue weighted by molar-refractivity contribution is -0.122. The molecule has 6 heteroatoms. The van der Waals surface area contributed by atoms with E-state index in [1.807, 2.05) is 0 Å². The molecule has 0 unspecified atom stereocenters. The number of carbonyl (C=O) groups is 1. The van der Waals surface area contributed by atoms with E-state index in [-0.39, 0.29) is 5.91 Å². The lowest BCUT2D eigenvalue weighted by Crippen LogP contribution is -2.29. The van der Waals surface area contributed by atoms with Gasteiger partial charge in [-0.15, -0.1) is 0 Å². The zero-order valence-corrected chi connectivity index (χ0v) is 10.6. The molecule has 2 aromatic heterocycles. The molecule has 5 nitrogen and oxygen atoms in total. The molecule has 0 aromatic carbocycles. The summed E-state index contributed by atoms with van der Waals surface area (Å²) in [7, 11) is 0. The molecule has 0 spiro atoms. The van der Waals surface area contributed by atoms with Gasteiger partial charge in [-0.05, 0) is 36.5 Å². The Morgan fingerprint density at radius 2 is 2.05 bits per heavy atom. The van der Waals surface area contributed by atoms with Crippen LogP contribution in [0, 0.1) is 0 Å². The third kappa shape index (κ3) is 2.30. The SMILES string of the molecule is O=C1/C(=C\c2ccco2)NC(=S)N1Cc1ccco1. The summed E-state index contributed by atoms with van der Waals surface area (Å²) in [4.78, 5) is 13.6. The lowest BCUT2D eigenvalue weighted by Gasteiger charge is -2.11. The molecule has 1 aliphatic rings. The molecular weight excluding hydrogens is 264 g/mol. The van der Waals surface area contributed by atoms with Gasteiger partial charge >= 0.3 is 0 Å². The van der Waals surface area contributed by atoms with Crippen molar-refractivity contribution >= 4 is 29.3 Å². The summed E-state index contributed by atoms with van der Waals surface area (Å²) in [5, 5.41) is 3.23. The van der Waals surface area contributed by atoms with Gasteiger partial charge in [0.25, 0.3) is 5.91 Å². The number of hydrogen-bond acceptors (Lipinski definition) is 4. The van der Waals surface area contributed by atoms with Crippen molar-refractivity contribution in [1.29, 1.82) is 0 Å². The highest BCUT2D eigenvalue weighted by molar-refractivity contribution is 7.80. The van der Waals surface area contributed by atoms with E-state index in [0.717, 1.165) is 0 Å². The van der Waals surface area contributed by atoms with Crippen molar-refractivity contribution in [3.8, 4) is 0 Å². The van der Waals surface area contributed by atoms with Crippen LogP contribution in [0.3, 0.4) is 0 Å². The number of thiocarbonyl (C=S) groups is 1. The zero-order chi connectivity index (χ0) is 13.2. The van der Waals surface area contributed by atoms with Crippen LogP contribution >= 0.6 is 12.2 Å². The summed E-state index contributed by atoms with van der Waals surface area (Å²) >= 11 is 5.14. The fraction of sp³-hybridized carbons (Fsp3) is 0.0769. The number of rotatable bonds is 3. The molecule has 3 rings (SSSR count). The fourth-order valence-corrected chi connectivity index (χ4v) is 2.05. The van der Waals surface area contributed by atoms with Gasteiger partial charge in [0.2, 0.25) is 0 Å². The van der Waals surface area contributed by atoms with Crippen LogP contribution in [-0.2, 0) is 11.3 Å². The molecule has 0 saturated carbocycles. The lowest BCUT2D eigenvalue weighted by atomic mass is 10.3. The second-order valence-electron chi connectivity index (χ2n) is 3.97. The van der Waals surface area contributed by atoms with Gasteiger partial charge in [-0.1, -0.05) is 0 Å². The van der Waals surface area contributed by atoms with Crippen LogP contribution in [0.4, 0.5) is 0 Å². The van der Waals surface area contributed by atoms with Gasteiger partial charge in [-0.2, -0.15) is 0 Å². The van der Waals surface area contributed by atoms with E-state index in [9.17, 15) is 4.79 Å². The number of carbonyl (C=O) groups excluding carboxylic acids is 1. The van der Waals surface area contributed by atoms with Crippen LogP contribution in [0.1, 0.15) is 11.5 Å². The van der Waals surface area contributed by atoms with E-state index in [0.29, 0.717) is 28.9 Å². The normalized spacial score (nSPS) is 17.3. The summed E-state index contributed by atoms with van der Waals surface area (Å²) in [5.74, 6) is 1.08. The number of nitrogens with zero attached hydrogens (tertiary/aromatic N) is 1. The van der Waals surface area contributed by atoms with E-state index >= 15 is 0 Å². The molecule has 0 radical (unpaired) electrons. The minimum Gasteiger partial charge on any atom is -0.467 e. The Hall–Kier alpha value is -2.34. The molecule has 0 bridgehead atoms. The van der Waals surface area contributed by atoms with Crippen LogP contribution in [0.25, 0.3) is 6.08 Å². The first-order valence-corrected chi connectivity index (χ1v) is 6.05. The first-order valence-electron chi connectivity index (χ1n) is 5.64. The summed E-state index contributed by atoms with van der Waals surface area (Å²) in [6.45, 7) is 0.313. The quantitative estimate of drug-likeness (QED) is 0.686. The summed E-state index contributed by atoms with van der Waals surface area (Å²) in [6.07, 6.45) is 4.73. The second kappa shape index (κ2) is 4.74. The summed E-state index contributed by atoms with van der Waals surface area (Å²) in [6, 6.07) is 7.08. The Labute approximate surface area is 114 Å². The predicted octanol–water partition coefficient (Wildman–Crippen LogP) is 2.13. The van der Waals surface area contributed by atoms with E-state index in [4.69, 9.17) is 21.1 Å². The van der Waals surface area contributed by atoms with Gasteiger partial charge in [0.05, 0.1) is 19.1 Å². The van der Waals surface area contributed by atoms with E-state index in [1.165, 1.54) is 4.90 Å². The third-order valence-corrected chi connectivity index (χ3v) is 3.01. The molecule has 3 heterocycles. The maximum Gasteiger partial charge on any atom is 0.277 e. The number of furan rings is 2. The molecule has 2 aromatic rings. The largest absolute Gasteiger partial charge is 0.467 e. The number of amides is 1. The molecule has 19 heavy (non-hydrogen) atoms. The average molecular weight is 274 g/mol. The van der Waals surface area contributed by atoms with Gasteiger partial charge in [0, 0.05) is 6.08 Å². The highest BCUT2D eigenvalue weighted by atomic mass is 32.1. The van der Waals surface area contributed by atoms with Crippen LogP contribution in [0.5, 0.6) is 0 Å². The molecule has 1 fully saturated rings. The van der Waals surface area contributed by atoms with Crippen LogP contribution < -0.4 is 5.32 Å². The molecule has 96 valence electrons. The molecule has 1 aliphatic heterocycles. The first kappa shape index (κ1) is 11.7.